The first kappa shape index (κ1) is 25.6. The zero-order valence-electron chi connectivity index (χ0n) is 17.2. The Hall–Kier alpha value is -1.35. The fourth-order valence-corrected chi connectivity index (χ4v) is 2.82. The monoisotopic (exact) mass is 395 g/mol. The van der Waals surface area contributed by atoms with E-state index in [2.05, 4.69) is 37.4 Å². The van der Waals surface area contributed by atoms with Gasteiger partial charge in [0.15, 0.2) is 0 Å². The highest BCUT2D eigenvalue weighted by Crippen LogP contribution is 2.12. The molecule has 0 spiro atoms. The fourth-order valence-electron chi connectivity index (χ4n) is 2.73. The van der Waals surface area contributed by atoms with Gasteiger partial charge in [-0.05, 0) is 44.4 Å². The van der Waals surface area contributed by atoms with Crippen molar-refractivity contribution >= 4 is 23.3 Å². The first-order valence-electron chi connectivity index (χ1n) is 10.4. The van der Waals surface area contributed by atoms with Crippen molar-refractivity contribution in [1.29, 1.82) is 0 Å². The van der Waals surface area contributed by atoms with Gasteiger partial charge < -0.3 is 5.32 Å². The van der Waals surface area contributed by atoms with Gasteiger partial charge in [-0.2, -0.15) is 0 Å². The zero-order valence-corrected chi connectivity index (χ0v) is 18.0. The van der Waals surface area contributed by atoms with Crippen LogP contribution in [0.25, 0.3) is 0 Å². The Morgan fingerprint density at radius 1 is 0.963 bits per heavy atom. The lowest BCUT2D eigenvalue weighted by molar-refractivity contribution is -0.121. The molecule has 0 heterocycles. The maximum atomic E-state index is 12.0. The number of hydrogen-bond acceptors (Lipinski definition) is 2. The van der Waals surface area contributed by atoms with Crippen LogP contribution < -0.4 is 5.32 Å². The van der Waals surface area contributed by atoms with Crippen LogP contribution in [0.15, 0.2) is 35.9 Å². The number of allylic oxidation sites excluding steroid dienone is 5. The molecule has 0 aromatic carbocycles. The van der Waals surface area contributed by atoms with E-state index in [1.165, 1.54) is 5.54 Å². The molecule has 0 aromatic heterocycles. The van der Waals surface area contributed by atoms with Gasteiger partial charge in [0.25, 0.3) is 0 Å². The summed E-state index contributed by atoms with van der Waals surface area (Å²) in [5.74, 6) is 0.772. The Kier molecular flexibility index (Phi) is 18.4. The van der Waals surface area contributed by atoms with Crippen LogP contribution in [-0.4, -0.2) is 18.2 Å². The van der Waals surface area contributed by atoms with E-state index >= 15 is 0 Å². The molecule has 0 rings (SSSR count). The minimum absolute atomic E-state index is 0.102. The lowest BCUT2D eigenvalue weighted by Gasteiger charge is -2.11. The van der Waals surface area contributed by atoms with E-state index in [1.54, 1.807) is 6.08 Å². The molecule has 0 saturated carbocycles. The topological polar surface area (TPSA) is 46.2 Å². The van der Waals surface area contributed by atoms with Crippen LogP contribution in [0, 0.1) is 5.92 Å². The summed E-state index contributed by atoms with van der Waals surface area (Å²) in [6.45, 7) is 4.90. The van der Waals surface area contributed by atoms with Crippen molar-refractivity contribution in [3.05, 3.63) is 35.9 Å². The number of carbonyl (C=O) groups excluding carboxylic acids is 2. The first-order chi connectivity index (χ1) is 13.1. The highest BCUT2D eigenvalue weighted by atomic mass is 35.5. The van der Waals surface area contributed by atoms with E-state index in [9.17, 15) is 9.59 Å². The molecule has 0 aliphatic carbocycles. The maximum absolute atomic E-state index is 12.0. The molecule has 3 nitrogen and oxygen atoms in total. The summed E-state index contributed by atoms with van der Waals surface area (Å²) in [6, 6.07) is 0. The van der Waals surface area contributed by atoms with Gasteiger partial charge in [-0.1, -0.05) is 68.7 Å². The van der Waals surface area contributed by atoms with Crippen molar-refractivity contribution < 1.29 is 9.59 Å². The molecular weight excluding hydrogens is 358 g/mol. The molecule has 27 heavy (non-hydrogen) atoms. The Morgan fingerprint density at radius 3 is 2.48 bits per heavy atom. The largest absolute Gasteiger partial charge is 0.356 e. The van der Waals surface area contributed by atoms with Crippen molar-refractivity contribution in [3.63, 3.8) is 0 Å². The number of rotatable bonds is 17. The molecular formula is C23H38ClNO2. The molecule has 1 unspecified atom stereocenters. The summed E-state index contributed by atoms with van der Waals surface area (Å²) >= 11 is 5.43. The molecule has 1 atom stereocenters. The Labute approximate surface area is 171 Å². The third-order valence-corrected chi connectivity index (χ3v) is 4.49. The molecule has 0 saturated heterocycles. The average Bonchev–Trinajstić information content (AvgIpc) is 2.63. The van der Waals surface area contributed by atoms with E-state index in [-0.39, 0.29) is 5.91 Å². The molecule has 1 N–H and O–H groups in total. The molecule has 0 radical (unpaired) electrons. The van der Waals surface area contributed by atoms with Crippen LogP contribution in [-0.2, 0) is 9.59 Å². The van der Waals surface area contributed by atoms with Crippen LogP contribution in [0.3, 0.4) is 0 Å². The minimum Gasteiger partial charge on any atom is -0.356 e. The zero-order chi connectivity index (χ0) is 20.2. The molecule has 0 aliphatic rings. The molecule has 4 heteroatoms. The number of amides is 1. The number of unbranched alkanes of at least 4 members (excludes halogenated alkanes) is 4. The predicted molar refractivity (Wildman–Crippen MR) is 117 cm³/mol. The van der Waals surface area contributed by atoms with E-state index < -0.39 is 0 Å². The van der Waals surface area contributed by atoms with Gasteiger partial charge in [0.1, 0.15) is 5.78 Å². The van der Waals surface area contributed by atoms with Crippen LogP contribution in [0.1, 0.15) is 84.5 Å². The Balaban J connectivity index is 3.61. The minimum atomic E-state index is 0.102. The maximum Gasteiger partial charge on any atom is 0.220 e. The number of hydrogen-bond donors (Lipinski definition) is 1. The summed E-state index contributed by atoms with van der Waals surface area (Å²) in [5, 5.41) is 2.95. The predicted octanol–water partition coefficient (Wildman–Crippen LogP) is 6.48. The van der Waals surface area contributed by atoms with Gasteiger partial charge in [0, 0.05) is 31.3 Å². The summed E-state index contributed by atoms with van der Waals surface area (Å²) in [7, 11) is 0. The van der Waals surface area contributed by atoms with Gasteiger partial charge in [-0.15, -0.1) is 0 Å². The van der Waals surface area contributed by atoms with Crippen molar-refractivity contribution in [2.75, 3.05) is 6.54 Å². The van der Waals surface area contributed by atoms with Crippen molar-refractivity contribution in [2.45, 2.75) is 84.5 Å². The summed E-state index contributed by atoms with van der Waals surface area (Å²) in [5.41, 5.74) is 1.49. The lowest BCUT2D eigenvalue weighted by Crippen LogP contribution is -2.25. The molecule has 0 bridgehead atoms. The number of nitrogens with one attached hydrogen (secondary N) is 1. The van der Waals surface area contributed by atoms with Gasteiger partial charge in [0.05, 0.1) is 0 Å². The van der Waals surface area contributed by atoms with E-state index in [4.69, 9.17) is 11.6 Å². The van der Waals surface area contributed by atoms with Gasteiger partial charge >= 0.3 is 0 Å². The Bertz CT molecular complexity index is 469. The van der Waals surface area contributed by atoms with Crippen molar-refractivity contribution in [3.8, 4) is 0 Å². The lowest BCUT2D eigenvalue weighted by atomic mass is 9.98. The summed E-state index contributed by atoms with van der Waals surface area (Å²) < 4.78 is 0. The number of ketones is 1. The second-order valence-electron chi connectivity index (χ2n) is 7.13. The number of Topliss-reactive ketones (excluding diaryl/α,β-unsaturated/α-hetero) is 1. The van der Waals surface area contributed by atoms with E-state index in [0.29, 0.717) is 37.5 Å². The molecule has 154 valence electrons. The van der Waals surface area contributed by atoms with Gasteiger partial charge in [0.2, 0.25) is 5.91 Å². The number of carbonyl (C=O) groups is 2. The summed E-state index contributed by atoms with van der Waals surface area (Å²) in [6.07, 6.45) is 20.0. The smallest absolute Gasteiger partial charge is 0.220 e. The molecule has 0 aromatic rings. The van der Waals surface area contributed by atoms with Crippen LogP contribution >= 0.6 is 11.6 Å². The first-order valence-corrected chi connectivity index (χ1v) is 10.9. The van der Waals surface area contributed by atoms with Crippen molar-refractivity contribution in [1.82, 2.24) is 5.32 Å². The van der Waals surface area contributed by atoms with Crippen LogP contribution in [0.2, 0.25) is 0 Å². The second kappa shape index (κ2) is 19.4. The molecule has 0 fully saturated rings. The highest BCUT2D eigenvalue weighted by Gasteiger charge is 2.09. The third-order valence-electron chi connectivity index (χ3n) is 4.34. The van der Waals surface area contributed by atoms with Crippen LogP contribution in [0.5, 0.6) is 0 Å². The third kappa shape index (κ3) is 19.2. The van der Waals surface area contributed by atoms with E-state index in [0.717, 1.165) is 51.4 Å². The van der Waals surface area contributed by atoms with Crippen molar-refractivity contribution in [2.24, 2.45) is 5.92 Å². The number of halogens is 1. The van der Waals surface area contributed by atoms with Crippen LogP contribution in [0.4, 0.5) is 0 Å². The Morgan fingerprint density at radius 2 is 1.74 bits per heavy atom. The fraction of sp³-hybridized carbons (Fsp3) is 0.652. The highest BCUT2D eigenvalue weighted by molar-refractivity contribution is 6.25. The normalized spacial score (nSPS) is 13.0. The average molecular weight is 396 g/mol. The van der Waals surface area contributed by atoms with Gasteiger partial charge in [-0.3, -0.25) is 9.59 Å². The van der Waals surface area contributed by atoms with E-state index in [1.807, 2.05) is 6.08 Å². The molecule has 1 amide bonds. The SMILES string of the molecule is CCCC=CCCC(=O)NCCC(C)CC(=O)CCCCCC=CC=CCl. The quantitative estimate of drug-likeness (QED) is 0.174. The summed E-state index contributed by atoms with van der Waals surface area (Å²) in [4.78, 5) is 23.8. The standard InChI is InChI=1S/C23H38ClNO2/c1-3-4-5-9-13-16-23(27)25-19-17-21(2)20-22(26)15-12-10-7-6-8-11-14-18-24/h5,8-9,11,14,18,21H,3-4,6-7,10,12-13,15-17,19-20H2,1-2H3,(H,25,27). The van der Waals surface area contributed by atoms with Gasteiger partial charge in [-0.25, -0.2) is 0 Å². The second-order valence-corrected chi connectivity index (χ2v) is 7.38. The molecule has 0 aliphatic heterocycles.